The largest absolute Gasteiger partial charge is 0.459 e. The van der Waals surface area contributed by atoms with Crippen LogP contribution in [0, 0.1) is 11.7 Å². The van der Waals surface area contributed by atoms with Crippen molar-refractivity contribution < 1.29 is 57.9 Å². The smallest absolute Gasteiger partial charge is 0.435 e. The quantitative estimate of drug-likeness (QED) is 0.245. The molecule has 0 spiro atoms. The summed E-state index contributed by atoms with van der Waals surface area (Å²) in [6.07, 6.45) is -13.9. The van der Waals surface area contributed by atoms with E-state index in [0.29, 0.717) is 6.07 Å². The number of fused-ring (bicyclic) bond motifs is 3. The van der Waals surface area contributed by atoms with Gasteiger partial charge in [0, 0.05) is 12.1 Å². The molecule has 0 aromatic heterocycles. The zero-order valence-electron chi connectivity index (χ0n) is 22.7. The molecule has 0 radical (unpaired) electrons. The molecule has 0 unspecified atom stereocenters. The number of sulfone groups is 1. The van der Waals surface area contributed by atoms with E-state index in [-0.39, 0.29) is 49.4 Å². The first-order chi connectivity index (χ1) is 19.7. The first kappa shape index (κ1) is 31.2. The summed E-state index contributed by atoms with van der Waals surface area (Å²) in [7, 11) is -4.62. The van der Waals surface area contributed by atoms with Crippen molar-refractivity contribution in [2.75, 3.05) is 6.54 Å². The highest BCUT2D eigenvalue weighted by atomic mass is 32.2. The Hall–Kier alpha value is -3.23. The molecular weight excluding hydrogens is 614 g/mol. The van der Waals surface area contributed by atoms with Crippen molar-refractivity contribution in [3.05, 3.63) is 65.0 Å². The Morgan fingerprint density at radius 3 is 2.12 bits per heavy atom. The van der Waals surface area contributed by atoms with Crippen molar-refractivity contribution in [3.63, 3.8) is 0 Å². The number of rotatable bonds is 4. The predicted molar refractivity (Wildman–Crippen MR) is 133 cm³/mol. The summed E-state index contributed by atoms with van der Waals surface area (Å²) >= 11 is 0. The van der Waals surface area contributed by atoms with Gasteiger partial charge in [-0.1, -0.05) is 18.2 Å². The fourth-order valence-electron chi connectivity index (χ4n) is 6.72. The fraction of sp³-hybridized carbons (Fsp3) is 0.500. The number of esters is 1. The molecule has 0 saturated carbocycles. The molecule has 2 heterocycles. The van der Waals surface area contributed by atoms with Gasteiger partial charge >= 0.3 is 24.0 Å². The minimum absolute atomic E-state index is 0.183. The zero-order valence-corrected chi connectivity index (χ0v) is 23.5. The van der Waals surface area contributed by atoms with Crippen LogP contribution in [0.2, 0.25) is 0 Å². The van der Waals surface area contributed by atoms with Gasteiger partial charge in [0.25, 0.3) is 0 Å². The van der Waals surface area contributed by atoms with Crippen LogP contribution >= 0.6 is 0 Å². The van der Waals surface area contributed by atoms with Crippen molar-refractivity contribution in [2.24, 2.45) is 5.92 Å². The Balaban J connectivity index is 1.69. The highest BCUT2D eigenvalue weighted by Gasteiger charge is 2.74. The summed E-state index contributed by atoms with van der Waals surface area (Å²) in [6, 6.07) is 3.90. The lowest BCUT2D eigenvalue weighted by atomic mass is 9.76. The summed E-state index contributed by atoms with van der Waals surface area (Å²) in [5, 5.41) is 0. The van der Waals surface area contributed by atoms with Gasteiger partial charge in [0.15, 0.2) is 9.84 Å². The fourth-order valence-corrected chi connectivity index (χ4v) is 9.09. The number of cyclic esters (lactones) is 1. The zero-order chi connectivity index (χ0) is 32.0. The minimum atomic E-state index is -6.38. The van der Waals surface area contributed by atoms with E-state index >= 15 is 0 Å². The minimum Gasteiger partial charge on any atom is -0.459 e. The van der Waals surface area contributed by atoms with Gasteiger partial charge in [-0.3, -0.25) is 9.59 Å². The molecule has 3 aliphatic rings. The summed E-state index contributed by atoms with van der Waals surface area (Å²) in [5.74, 6) is -3.00. The topological polar surface area (TPSA) is 80.8 Å². The van der Waals surface area contributed by atoms with Gasteiger partial charge in [-0.05, 0) is 68.5 Å². The maximum atomic E-state index is 15.0. The summed E-state index contributed by atoms with van der Waals surface area (Å²) < 4.78 is 142. The second-order valence-electron chi connectivity index (χ2n) is 11.5. The molecule has 2 aliphatic heterocycles. The molecule has 234 valence electrons. The average Bonchev–Trinajstić information content (AvgIpc) is 3.43. The Labute approximate surface area is 240 Å². The van der Waals surface area contributed by atoms with Crippen LogP contribution in [0.15, 0.2) is 47.4 Å². The van der Waals surface area contributed by atoms with Crippen molar-refractivity contribution in [1.82, 2.24) is 4.90 Å². The lowest BCUT2D eigenvalue weighted by Crippen LogP contribution is -2.54. The molecule has 1 aliphatic carbocycles. The first-order valence-electron chi connectivity index (χ1n) is 13.2. The van der Waals surface area contributed by atoms with Crippen LogP contribution in [-0.4, -0.2) is 55.7 Å². The molecule has 5 rings (SSSR count). The van der Waals surface area contributed by atoms with E-state index < -0.39 is 78.3 Å². The maximum absolute atomic E-state index is 15.0. The highest BCUT2D eigenvalue weighted by molar-refractivity contribution is 7.92. The third-order valence-corrected chi connectivity index (χ3v) is 11.4. The van der Waals surface area contributed by atoms with E-state index in [9.17, 15) is 53.1 Å². The number of hydrogen-bond acceptors (Lipinski definition) is 5. The Morgan fingerprint density at radius 2 is 1.58 bits per heavy atom. The van der Waals surface area contributed by atoms with Gasteiger partial charge in [-0.25, -0.2) is 17.2 Å². The van der Waals surface area contributed by atoms with E-state index in [1.165, 1.54) is 18.7 Å². The van der Waals surface area contributed by atoms with Gasteiger partial charge in [-0.2, -0.15) is 26.3 Å². The van der Waals surface area contributed by atoms with Crippen LogP contribution in [0.4, 0.5) is 35.1 Å². The lowest BCUT2D eigenvalue weighted by molar-refractivity contribution is -0.348. The van der Waals surface area contributed by atoms with Crippen LogP contribution < -0.4 is 0 Å². The number of halogens is 8. The Morgan fingerprint density at radius 1 is 0.977 bits per heavy atom. The SMILES string of the molecule is CC1(C)OC(=O)C[C@@H]1C(=O)N1CC[C@]2(S(=O)(=O)c3ccc(F)cc3)c3ccc(C(F)(C(F)(F)F)C(F)(F)F)cc3CC[C@H]12. The Bertz CT molecular complexity index is 1570. The second-order valence-corrected chi connectivity index (χ2v) is 13.7. The second kappa shape index (κ2) is 9.63. The number of nitrogens with zero attached hydrogens (tertiary/aromatic N) is 1. The standard InChI is InChI=1S/C28H25F8NO5S/c1-24(2)20(14-22(38)42-24)23(39)37-12-11-25(43(40,41)18-7-5-17(29)6-8-18)19-9-4-16(13-15(19)3-10-21(25)37)26(30,27(31,32)33)28(34,35)36/h4-9,13,20-21H,3,10-12,14H2,1-2H3/t20-,21+,25+/m1/s1. The van der Waals surface area contributed by atoms with Crippen molar-refractivity contribution in [1.29, 1.82) is 0 Å². The number of carbonyl (C=O) groups excluding carboxylic acids is 2. The van der Waals surface area contributed by atoms with Crippen molar-refractivity contribution >= 4 is 21.7 Å². The normalized spacial score (nSPS) is 25.7. The van der Waals surface area contributed by atoms with Gasteiger partial charge in [0.1, 0.15) is 16.2 Å². The molecule has 43 heavy (non-hydrogen) atoms. The monoisotopic (exact) mass is 639 g/mol. The van der Waals surface area contributed by atoms with E-state index in [1.807, 2.05) is 0 Å². The molecule has 2 saturated heterocycles. The summed E-state index contributed by atoms with van der Waals surface area (Å²) in [6.45, 7) is 2.84. The maximum Gasteiger partial charge on any atom is 0.435 e. The van der Waals surface area contributed by atoms with Gasteiger partial charge in [0.05, 0.1) is 23.3 Å². The number of aryl methyl sites for hydroxylation is 1. The molecular formula is C28H25F8NO5S. The van der Waals surface area contributed by atoms with Crippen molar-refractivity contribution in [3.8, 4) is 0 Å². The average molecular weight is 640 g/mol. The molecule has 2 fully saturated rings. The summed E-state index contributed by atoms with van der Waals surface area (Å²) in [4.78, 5) is 26.7. The van der Waals surface area contributed by atoms with Crippen LogP contribution in [0.3, 0.4) is 0 Å². The van der Waals surface area contributed by atoms with E-state index in [1.54, 1.807) is 0 Å². The van der Waals surface area contributed by atoms with Crippen LogP contribution in [0.5, 0.6) is 0 Å². The van der Waals surface area contributed by atoms with Gasteiger partial charge in [0.2, 0.25) is 5.91 Å². The number of ether oxygens (including phenoxy) is 1. The predicted octanol–water partition coefficient (Wildman–Crippen LogP) is 5.67. The molecule has 1 amide bonds. The first-order valence-corrected chi connectivity index (χ1v) is 14.7. The summed E-state index contributed by atoms with van der Waals surface area (Å²) in [5.41, 5.74) is -9.15. The number of alkyl halides is 7. The molecule has 15 heteroatoms. The number of benzene rings is 2. The lowest BCUT2D eigenvalue weighted by Gasteiger charge is -2.43. The van der Waals surface area contributed by atoms with Crippen LogP contribution in [0.25, 0.3) is 0 Å². The number of likely N-dealkylation sites (tertiary alicyclic amines) is 1. The molecule has 2 aromatic carbocycles. The molecule has 6 nitrogen and oxygen atoms in total. The molecule has 0 N–H and O–H groups in total. The van der Waals surface area contributed by atoms with E-state index in [2.05, 4.69) is 0 Å². The van der Waals surface area contributed by atoms with Gasteiger partial charge in [-0.15, -0.1) is 0 Å². The number of amides is 1. The third-order valence-electron chi connectivity index (χ3n) is 8.84. The van der Waals surface area contributed by atoms with Gasteiger partial charge < -0.3 is 9.64 Å². The van der Waals surface area contributed by atoms with E-state index in [0.717, 1.165) is 30.3 Å². The molecule has 3 atom stereocenters. The highest BCUT2D eigenvalue weighted by Crippen LogP contribution is 2.57. The van der Waals surface area contributed by atoms with Crippen LogP contribution in [-0.2, 0) is 41.0 Å². The number of hydrogen-bond donors (Lipinski definition) is 0. The van der Waals surface area contributed by atoms with Crippen molar-refractivity contribution in [2.45, 2.75) is 78.8 Å². The molecule has 0 bridgehead atoms. The Kier molecular flexibility index (Phi) is 6.99. The number of carbonyl (C=O) groups is 2. The molecule has 2 aromatic rings. The van der Waals surface area contributed by atoms with E-state index in [4.69, 9.17) is 4.74 Å². The third kappa shape index (κ3) is 4.43. The van der Waals surface area contributed by atoms with Crippen LogP contribution in [0.1, 0.15) is 49.8 Å².